The van der Waals surface area contributed by atoms with Crippen LogP contribution in [0.1, 0.15) is 60.8 Å². The van der Waals surface area contributed by atoms with Crippen molar-refractivity contribution in [3.05, 3.63) is 70.8 Å². The molecule has 34 heavy (non-hydrogen) atoms. The zero-order chi connectivity index (χ0) is 25.0. The molecule has 1 saturated carbocycles. The topological polar surface area (TPSA) is 27.0 Å². The fourth-order valence-electron chi connectivity index (χ4n) is 5.26. The average molecular weight is 483 g/mol. The highest BCUT2D eigenvalue weighted by molar-refractivity contribution is 5.49. The maximum atomic E-state index is 14.0. The summed E-state index contributed by atoms with van der Waals surface area (Å²) in [5.74, 6) is -0.554. The molecule has 0 radical (unpaired) electrons. The number of hydrogen-bond acceptors (Lipinski definition) is 2. The quantitative estimate of drug-likeness (QED) is 0.363. The largest absolute Gasteiger partial charge is 0.416 e. The van der Waals surface area contributed by atoms with Gasteiger partial charge in [-0.2, -0.15) is 31.6 Å². The first kappa shape index (κ1) is 26.1. The molecule has 184 valence electrons. The summed E-state index contributed by atoms with van der Waals surface area (Å²) in [6.45, 7) is 1.04. The highest BCUT2D eigenvalue weighted by atomic mass is 19.4. The molecule has 2 nitrogen and oxygen atoms in total. The fraction of sp³-hybridized carbons (Fsp3) is 0.500. The molecule has 1 unspecified atom stereocenters. The molecule has 0 amide bonds. The first-order valence-electron chi connectivity index (χ1n) is 11.4. The average Bonchev–Trinajstić information content (AvgIpc) is 3.31. The normalized spacial score (nSPS) is 17.0. The van der Waals surface area contributed by atoms with Crippen molar-refractivity contribution in [2.75, 3.05) is 13.6 Å². The second-order valence-electron chi connectivity index (χ2n) is 9.12. The number of benzene rings is 2. The van der Waals surface area contributed by atoms with Crippen molar-refractivity contribution in [2.24, 2.45) is 5.92 Å². The molecule has 2 aromatic carbocycles. The lowest BCUT2D eigenvalue weighted by atomic mass is 9.64. The molecule has 0 heterocycles. The first-order valence-corrected chi connectivity index (χ1v) is 11.4. The van der Waals surface area contributed by atoms with Crippen LogP contribution in [0.5, 0.6) is 0 Å². The Hall–Kier alpha value is -2.53. The number of nitrogens with zero attached hydrogens (tertiary/aromatic N) is 2. The lowest BCUT2D eigenvalue weighted by Crippen LogP contribution is -2.38. The molecular formula is C26H28F6N2. The van der Waals surface area contributed by atoms with Crippen molar-refractivity contribution >= 4 is 0 Å². The van der Waals surface area contributed by atoms with Crippen molar-refractivity contribution in [2.45, 2.75) is 62.8 Å². The van der Waals surface area contributed by atoms with Gasteiger partial charge in [-0.05, 0) is 68.5 Å². The number of hydrogen-bond donors (Lipinski definition) is 0. The molecule has 3 rings (SSSR count). The molecule has 0 aliphatic heterocycles. The molecule has 1 fully saturated rings. The van der Waals surface area contributed by atoms with Crippen LogP contribution in [-0.4, -0.2) is 18.5 Å². The fourth-order valence-corrected chi connectivity index (χ4v) is 5.26. The van der Waals surface area contributed by atoms with Gasteiger partial charge in [0.1, 0.15) is 0 Å². The van der Waals surface area contributed by atoms with E-state index in [9.17, 15) is 31.6 Å². The molecule has 0 N–H and O–H groups in total. The van der Waals surface area contributed by atoms with Gasteiger partial charge in [0.2, 0.25) is 0 Å². The van der Waals surface area contributed by atoms with Gasteiger partial charge >= 0.3 is 12.4 Å². The Morgan fingerprint density at radius 2 is 1.44 bits per heavy atom. The van der Waals surface area contributed by atoms with Gasteiger partial charge in [0.15, 0.2) is 0 Å². The van der Waals surface area contributed by atoms with Crippen LogP contribution in [0, 0.1) is 17.2 Å². The van der Waals surface area contributed by atoms with E-state index in [0.717, 1.165) is 11.6 Å². The van der Waals surface area contributed by atoms with Gasteiger partial charge in [0.25, 0.3) is 0 Å². The summed E-state index contributed by atoms with van der Waals surface area (Å²) in [5, 5.41) is 10.3. The Morgan fingerprint density at radius 1 is 0.882 bits per heavy atom. The monoisotopic (exact) mass is 482 g/mol. The van der Waals surface area contributed by atoms with Gasteiger partial charge in [0.05, 0.1) is 22.6 Å². The Kier molecular flexibility index (Phi) is 7.97. The van der Waals surface area contributed by atoms with E-state index in [1.165, 1.54) is 0 Å². The Morgan fingerprint density at radius 3 is 1.94 bits per heavy atom. The molecule has 1 atom stereocenters. The second kappa shape index (κ2) is 10.4. The molecule has 1 aliphatic rings. The third-order valence-corrected chi connectivity index (χ3v) is 6.78. The Bertz CT molecular complexity index is 955. The number of rotatable bonds is 8. The van der Waals surface area contributed by atoms with E-state index < -0.39 is 40.4 Å². The van der Waals surface area contributed by atoms with E-state index in [1.807, 2.05) is 48.3 Å². The van der Waals surface area contributed by atoms with E-state index >= 15 is 0 Å². The standard InChI is InChI=1S/C26H28F6N2/c1-34(17-19-9-3-2-4-10-19)16-8-15-24(18-33,20-11-5-6-12-20)23-21(25(27,28)29)13-7-14-22(23)26(30,31)32/h2-4,7,9-10,13-14,20H,5-6,8,11-12,15-17H2,1H3. The minimum absolute atomic E-state index is 0.0660. The smallest absolute Gasteiger partial charge is 0.302 e. The molecule has 0 spiro atoms. The van der Waals surface area contributed by atoms with E-state index in [2.05, 4.69) is 0 Å². The van der Waals surface area contributed by atoms with Crippen LogP contribution in [0.4, 0.5) is 26.3 Å². The van der Waals surface area contributed by atoms with Gasteiger partial charge in [0, 0.05) is 6.54 Å². The van der Waals surface area contributed by atoms with E-state index in [-0.39, 0.29) is 6.42 Å². The minimum atomic E-state index is -5.00. The van der Waals surface area contributed by atoms with Crippen LogP contribution in [0.3, 0.4) is 0 Å². The SMILES string of the molecule is CN(CCCC(C#N)(c1c(C(F)(F)F)cccc1C(F)(F)F)C1CCCC1)Cc1ccccc1. The van der Waals surface area contributed by atoms with Gasteiger partial charge < -0.3 is 4.90 Å². The lowest BCUT2D eigenvalue weighted by molar-refractivity contribution is -0.145. The van der Waals surface area contributed by atoms with Crippen LogP contribution in [0.25, 0.3) is 0 Å². The van der Waals surface area contributed by atoms with Crippen LogP contribution >= 0.6 is 0 Å². The van der Waals surface area contributed by atoms with Crippen LogP contribution in [0.2, 0.25) is 0 Å². The lowest BCUT2D eigenvalue weighted by Gasteiger charge is -2.37. The molecule has 2 aromatic rings. The van der Waals surface area contributed by atoms with Gasteiger partial charge in [-0.15, -0.1) is 0 Å². The second-order valence-corrected chi connectivity index (χ2v) is 9.12. The van der Waals surface area contributed by atoms with E-state index in [1.54, 1.807) is 0 Å². The van der Waals surface area contributed by atoms with Gasteiger partial charge in [-0.1, -0.05) is 49.2 Å². The molecule has 0 aromatic heterocycles. The van der Waals surface area contributed by atoms with Crippen LogP contribution in [0.15, 0.2) is 48.5 Å². The zero-order valence-corrected chi connectivity index (χ0v) is 19.0. The highest BCUT2D eigenvalue weighted by Crippen LogP contribution is 2.52. The third-order valence-electron chi connectivity index (χ3n) is 6.78. The summed E-state index contributed by atoms with van der Waals surface area (Å²) < 4.78 is 83.9. The molecule has 0 saturated heterocycles. The third kappa shape index (κ3) is 5.75. The summed E-state index contributed by atoms with van der Waals surface area (Å²) in [4.78, 5) is 1.96. The maximum Gasteiger partial charge on any atom is 0.416 e. The first-order chi connectivity index (χ1) is 16.0. The van der Waals surface area contributed by atoms with Crippen LogP contribution < -0.4 is 0 Å². The van der Waals surface area contributed by atoms with Crippen molar-refractivity contribution in [1.82, 2.24) is 4.90 Å². The summed E-state index contributed by atoms with van der Waals surface area (Å²) in [6.07, 6.45) is -7.49. The number of nitriles is 1. The minimum Gasteiger partial charge on any atom is -0.302 e. The summed E-state index contributed by atoms with van der Waals surface area (Å²) in [7, 11) is 1.85. The van der Waals surface area contributed by atoms with Crippen molar-refractivity contribution in [1.29, 1.82) is 5.26 Å². The van der Waals surface area contributed by atoms with Crippen molar-refractivity contribution in [3.8, 4) is 6.07 Å². The molecule has 0 bridgehead atoms. The van der Waals surface area contributed by atoms with Gasteiger partial charge in [-0.3, -0.25) is 0 Å². The number of halogens is 6. The predicted molar refractivity (Wildman–Crippen MR) is 118 cm³/mol. The predicted octanol–water partition coefficient (Wildman–Crippen LogP) is 7.59. The highest BCUT2D eigenvalue weighted by Gasteiger charge is 2.51. The van der Waals surface area contributed by atoms with Crippen LogP contribution in [-0.2, 0) is 24.3 Å². The maximum absolute atomic E-state index is 14.0. The Labute approximate surface area is 196 Å². The van der Waals surface area contributed by atoms with E-state index in [4.69, 9.17) is 0 Å². The zero-order valence-electron chi connectivity index (χ0n) is 19.0. The summed E-state index contributed by atoms with van der Waals surface area (Å²) in [6, 6.07) is 13.7. The van der Waals surface area contributed by atoms with Gasteiger partial charge in [-0.25, -0.2) is 0 Å². The summed E-state index contributed by atoms with van der Waals surface area (Å²) in [5.41, 5.74) is -4.41. The Balaban J connectivity index is 1.99. The van der Waals surface area contributed by atoms with Crippen molar-refractivity contribution in [3.63, 3.8) is 0 Å². The van der Waals surface area contributed by atoms with Crippen molar-refractivity contribution < 1.29 is 26.3 Å². The molecule has 8 heteroatoms. The number of alkyl halides is 6. The van der Waals surface area contributed by atoms with E-state index in [0.29, 0.717) is 57.3 Å². The molecule has 1 aliphatic carbocycles. The summed E-state index contributed by atoms with van der Waals surface area (Å²) >= 11 is 0. The molecular weight excluding hydrogens is 454 g/mol.